The second-order valence-electron chi connectivity index (χ2n) is 5.58. The first kappa shape index (κ1) is 14.1. The van der Waals surface area contributed by atoms with E-state index in [1.54, 1.807) is 12.1 Å². The second kappa shape index (κ2) is 6.12. The van der Waals surface area contributed by atoms with Crippen LogP contribution in [0.15, 0.2) is 24.3 Å². The Balaban J connectivity index is 2.30. The number of hydrogen-bond acceptors (Lipinski definition) is 2. The third-order valence-electron chi connectivity index (χ3n) is 2.64. The lowest BCUT2D eigenvalue weighted by Crippen LogP contribution is -2.25. The van der Waals surface area contributed by atoms with Crippen molar-refractivity contribution in [3.05, 3.63) is 35.6 Å². The van der Waals surface area contributed by atoms with Gasteiger partial charge in [0, 0.05) is 6.54 Å². The number of benzene rings is 1. The van der Waals surface area contributed by atoms with Gasteiger partial charge in [0.2, 0.25) is 0 Å². The van der Waals surface area contributed by atoms with Crippen LogP contribution in [0.25, 0.3) is 0 Å². The summed E-state index contributed by atoms with van der Waals surface area (Å²) in [6.07, 6.45) is 0.485. The van der Waals surface area contributed by atoms with E-state index < -0.39 is 6.10 Å². The van der Waals surface area contributed by atoms with Gasteiger partial charge in [0.05, 0.1) is 6.10 Å². The molecule has 0 aromatic heterocycles. The summed E-state index contributed by atoms with van der Waals surface area (Å²) in [6, 6.07) is 5.97. The summed E-state index contributed by atoms with van der Waals surface area (Å²) in [5.74, 6) is -0.276. The highest BCUT2D eigenvalue weighted by Crippen LogP contribution is 2.17. The zero-order chi connectivity index (χ0) is 12.9. The predicted octanol–water partition coefficient (Wildman–Crippen LogP) is 2.88. The van der Waals surface area contributed by atoms with E-state index in [1.807, 2.05) is 0 Å². The van der Waals surface area contributed by atoms with Crippen molar-refractivity contribution in [1.29, 1.82) is 0 Å². The standard InChI is InChI=1S/C14H22FNO/c1-14(2,3)8-9-16-10-13(17)11-4-6-12(15)7-5-11/h4-7,13,16-17H,8-10H2,1-3H3. The molecule has 1 unspecified atom stereocenters. The molecule has 0 spiro atoms. The van der Waals surface area contributed by atoms with Crippen LogP contribution < -0.4 is 5.32 Å². The minimum Gasteiger partial charge on any atom is -0.387 e. The predicted molar refractivity (Wildman–Crippen MR) is 68.3 cm³/mol. The molecule has 2 nitrogen and oxygen atoms in total. The molecule has 0 heterocycles. The maximum Gasteiger partial charge on any atom is 0.123 e. The van der Waals surface area contributed by atoms with Gasteiger partial charge in [0.25, 0.3) is 0 Å². The van der Waals surface area contributed by atoms with Crippen molar-refractivity contribution in [2.75, 3.05) is 13.1 Å². The van der Waals surface area contributed by atoms with Gasteiger partial charge in [0.1, 0.15) is 5.82 Å². The summed E-state index contributed by atoms with van der Waals surface area (Å²) in [7, 11) is 0. The Morgan fingerprint density at radius 1 is 1.24 bits per heavy atom. The monoisotopic (exact) mass is 239 g/mol. The van der Waals surface area contributed by atoms with Crippen LogP contribution in [0.4, 0.5) is 4.39 Å². The highest BCUT2D eigenvalue weighted by Gasteiger charge is 2.10. The number of halogens is 1. The fraction of sp³-hybridized carbons (Fsp3) is 0.571. The van der Waals surface area contributed by atoms with Gasteiger partial charge >= 0.3 is 0 Å². The quantitative estimate of drug-likeness (QED) is 0.774. The van der Waals surface area contributed by atoms with Crippen LogP contribution in [0.5, 0.6) is 0 Å². The lowest BCUT2D eigenvalue weighted by atomic mass is 9.92. The van der Waals surface area contributed by atoms with Gasteiger partial charge in [-0.1, -0.05) is 32.9 Å². The molecule has 0 saturated carbocycles. The van der Waals surface area contributed by atoms with Crippen LogP contribution in [0.1, 0.15) is 38.9 Å². The van der Waals surface area contributed by atoms with E-state index in [-0.39, 0.29) is 5.82 Å². The normalized spacial score (nSPS) is 13.7. The second-order valence-corrected chi connectivity index (χ2v) is 5.58. The van der Waals surface area contributed by atoms with Crippen molar-refractivity contribution in [2.45, 2.75) is 33.3 Å². The van der Waals surface area contributed by atoms with Crippen molar-refractivity contribution < 1.29 is 9.50 Å². The first-order valence-corrected chi connectivity index (χ1v) is 6.03. The van der Waals surface area contributed by atoms with Crippen LogP contribution in [0.3, 0.4) is 0 Å². The summed E-state index contributed by atoms with van der Waals surface area (Å²) in [5.41, 5.74) is 1.04. The third-order valence-corrected chi connectivity index (χ3v) is 2.64. The van der Waals surface area contributed by atoms with Crippen molar-refractivity contribution in [2.24, 2.45) is 5.41 Å². The minimum atomic E-state index is -0.574. The van der Waals surface area contributed by atoms with Crippen LogP contribution in [-0.4, -0.2) is 18.2 Å². The van der Waals surface area contributed by atoms with E-state index in [1.165, 1.54) is 12.1 Å². The average molecular weight is 239 g/mol. The number of aliphatic hydroxyl groups excluding tert-OH is 1. The van der Waals surface area contributed by atoms with E-state index in [2.05, 4.69) is 26.1 Å². The van der Waals surface area contributed by atoms with Crippen molar-refractivity contribution in [3.8, 4) is 0 Å². The lowest BCUT2D eigenvalue weighted by Gasteiger charge is -2.19. The number of nitrogens with one attached hydrogen (secondary N) is 1. The van der Waals surface area contributed by atoms with E-state index in [9.17, 15) is 9.50 Å². The minimum absolute atomic E-state index is 0.276. The molecule has 1 atom stereocenters. The Morgan fingerprint density at radius 3 is 2.35 bits per heavy atom. The third kappa shape index (κ3) is 5.80. The zero-order valence-corrected chi connectivity index (χ0v) is 10.8. The van der Waals surface area contributed by atoms with Gasteiger partial charge in [-0.05, 0) is 36.1 Å². The Hall–Kier alpha value is -0.930. The topological polar surface area (TPSA) is 32.3 Å². The fourth-order valence-corrected chi connectivity index (χ4v) is 1.50. The summed E-state index contributed by atoms with van der Waals surface area (Å²) in [5, 5.41) is 13.1. The SMILES string of the molecule is CC(C)(C)CCNCC(O)c1ccc(F)cc1. The number of hydrogen-bond donors (Lipinski definition) is 2. The van der Waals surface area contributed by atoms with E-state index >= 15 is 0 Å². The Morgan fingerprint density at radius 2 is 1.82 bits per heavy atom. The van der Waals surface area contributed by atoms with E-state index in [0.29, 0.717) is 12.0 Å². The molecule has 96 valence electrons. The largest absolute Gasteiger partial charge is 0.387 e. The molecule has 2 N–H and O–H groups in total. The van der Waals surface area contributed by atoms with Crippen LogP contribution in [0.2, 0.25) is 0 Å². The van der Waals surface area contributed by atoms with Gasteiger partial charge in [-0.2, -0.15) is 0 Å². The number of aliphatic hydroxyl groups is 1. The molecular formula is C14H22FNO. The first-order valence-electron chi connectivity index (χ1n) is 6.03. The molecule has 17 heavy (non-hydrogen) atoms. The van der Waals surface area contributed by atoms with Gasteiger partial charge in [-0.3, -0.25) is 0 Å². The molecule has 0 saturated heterocycles. The molecule has 1 rings (SSSR count). The zero-order valence-electron chi connectivity index (χ0n) is 10.8. The first-order chi connectivity index (χ1) is 7.88. The highest BCUT2D eigenvalue weighted by molar-refractivity contribution is 5.18. The number of rotatable bonds is 5. The molecule has 0 amide bonds. The molecule has 0 fully saturated rings. The summed E-state index contributed by atoms with van der Waals surface area (Å²) < 4.78 is 12.7. The molecule has 0 radical (unpaired) electrons. The maximum atomic E-state index is 12.7. The Bertz CT molecular complexity index is 329. The molecule has 0 aliphatic carbocycles. The molecule has 1 aromatic rings. The van der Waals surface area contributed by atoms with Gasteiger partial charge in [0.15, 0.2) is 0 Å². The van der Waals surface area contributed by atoms with Crippen LogP contribution >= 0.6 is 0 Å². The van der Waals surface area contributed by atoms with Crippen molar-refractivity contribution >= 4 is 0 Å². The average Bonchev–Trinajstić information content (AvgIpc) is 2.24. The van der Waals surface area contributed by atoms with E-state index in [0.717, 1.165) is 18.5 Å². The van der Waals surface area contributed by atoms with Crippen LogP contribution in [-0.2, 0) is 0 Å². The maximum absolute atomic E-state index is 12.7. The molecule has 0 aliphatic rings. The fourth-order valence-electron chi connectivity index (χ4n) is 1.50. The smallest absolute Gasteiger partial charge is 0.123 e. The van der Waals surface area contributed by atoms with Gasteiger partial charge in [-0.25, -0.2) is 4.39 Å². The molecule has 0 aliphatic heterocycles. The Labute approximate surface area is 103 Å². The van der Waals surface area contributed by atoms with E-state index in [4.69, 9.17) is 0 Å². The molecular weight excluding hydrogens is 217 g/mol. The molecule has 0 bridgehead atoms. The van der Waals surface area contributed by atoms with Crippen LogP contribution in [0, 0.1) is 11.2 Å². The van der Waals surface area contributed by atoms with Crippen molar-refractivity contribution in [3.63, 3.8) is 0 Å². The summed E-state index contributed by atoms with van der Waals surface area (Å²) >= 11 is 0. The Kier molecular flexibility index (Phi) is 5.09. The van der Waals surface area contributed by atoms with Gasteiger partial charge < -0.3 is 10.4 Å². The summed E-state index contributed by atoms with van der Waals surface area (Å²) in [6.45, 7) is 7.94. The molecule has 3 heteroatoms. The highest BCUT2D eigenvalue weighted by atomic mass is 19.1. The van der Waals surface area contributed by atoms with Crippen molar-refractivity contribution in [1.82, 2.24) is 5.32 Å². The van der Waals surface area contributed by atoms with Gasteiger partial charge in [-0.15, -0.1) is 0 Å². The molecule has 1 aromatic carbocycles. The summed E-state index contributed by atoms with van der Waals surface area (Å²) in [4.78, 5) is 0. The lowest BCUT2D eigenvalue weighted by molar-refractivity contribution is 0.173.